The van der Waals surface area contributed by atoms with E-state index in [0.29, 0.717) is 6.04 Å². The molecular weight excluding hydrogens is 334 g/mol. The van der Waals surface area contributed by atoms with Crippen LogP contribution in [0.15, 0.2) is 15.2 Å². The van der Waals surface area contributed by atoms with Gasteiger partial charge in [0.25, 0.3) is 0 Å². The Balaban J connectivity index is 2.29. The van der Waals surface area contributed by atoms with Crippen LogP contribution >= 0.6 is 27.3 Å². The van der Waals surface area contributed by atoms with E-state index < -0.39 is 0 Å². The number of nitrogens with one attached hydrogen (secondary N) is 1. The molecule has 0 spiro atoms. The van der Waals surface area contributed by atoms with E-state index in [2.05, 4.69) is 45.9 Å². The van der Waals surface area contributed by atoms with Crippen LogP contribution in [0, 0.1) is 0 Å². The average Bonchev–Trinajstić information content (AvgIpc) is 2.87. The molecule has 1 aliphatic carbocycles. The van der Waals surface area contributed by atoms with Crippen LogP contribution in [0.5, 0.6) is 0 Å². The molecule has 0 radical (unpaired) electrons. The normalized spacial score (nSPS) is 19.9. The molecule has 1 fully saturated rings. The molecule has 1 saturated carbocycles. The molecule has 2 rings (SSSR count). The molecule has 2 nitrogen and oxygen atoms in total. The lowest BCUT2D eigenvalue weighted by Crippen LogP contribution is -2.48. The highest BCUT2D eigenvalue weighted by Crippen LogP contribution is 2.44. The summed E-state index contributed by atoms with van der Waals surface area (Å²) in [5.41, 5.74) is 1.35. The first-order chi connectivity index (χ1) is 9.73. The predicted molar refractivity (Wildman–Crippen MR) is 90.5 cm³/mol. The van der Waals surface area contributed by atoms with Crippen molar-refractivity contribution in [1.29, 1.82) is 0 Å². The summed E-state index contributed by atoms with van der Waals surface area (Å²) in [5, 5.41) is 8.21. The van der Waals surface area contributed by atoms with Crippen molar-refractivity contribution in [2.24, 2.45) is 0 Å². The van der Waals surface area contributed by atoms with Gasteiger partial charge in [-0.2, -0.15) is 11.3 Å². The Morgan fingerprint density at radius 1 is 1.30 bits per heavy atom. The van der Waals surface area contributed by atoms with Gasteiger partial charge in [-0.25, -0.2) is 0 Å². The zero-order valence-electron chi connectivity index (χ0n) is 12.6. The average molecular weight is 360 g/mol. The smallest absolute Gasteiger partial charge is 0.0876 e. The second-order valence-corrected chi connectivity index (χ2v) is 7.22. The summed E-state index contributed by atoms with van der Waals surface area (Å²) in [4.78, 5) is 0. The number of rotatable bonds is 7. The molecule has 0 amide bonds. The lowest BCUT2D eigenvalue weighted by atomic mass is 9.77. The topological polar surface area (TPSA) is 21.3 Å². The number of thiophene rings is 1. The van der Waals surface area contributed by atoms with Crippen molar-refractivity contribution in [2.45, 2.75) is 64.0 Å². The molecule has 1 aromatic heterocycles. The third-order valence-corrected chi connectivity index (χ3v) is 5.96. The summed E-state index contributed by atoms with van der Waals surface area (Å²) >= 11 is 5.48. The maximum Gasteiger partial charge on any atom is 0.0876 e. The minimum Gasteiger partial charge on any atom is -0.373 e. The highest BCUT2D eigenvalue weighted by molar-refractivity contribution is 9.10. The van der Waals surface area contributed by atoms with Crippen LogP contribution < -0.4 is 5.32 Å². The predicted octanol–water partition coefficient (Wildman–Crippen LogP) is 5.29. The second kappa shape index (κ2) is 7.92. The standard InChI is InChI=1S/C16H26BrNOS/c1-3-10-18-15(13-11-20-12-14(13)17)16(19-4-2)8-6-5-7-9-16/h11-12,15,18H,3-10H2,1-2H3. The molecule has 0 aromatic carbocycles. The third-order valence-electron chi connectivity index (χ3n) is 4.21. The van der Waals surface area contributed by atoms with Gasteiger partial charge in [-0.1, -0.05) is 26.2 Å². The second-order valence-electron chi connectivity index (χ2n) is 5.62. The van der Waals surface area contributed by atoms with Gasteiger partial charge in [0.2, 0.25) is 0 Å². The minimum atomic E-state index is -0.0221. The quantitative estimate of drug-likeness (QED) is 0.713. The zero-order valence-corrected chi connectivity index (χ0v) is 15.0. The molecule has 114 valence electrons. The Hall–Kier alpha value is 0.1000. The van der Waals surface area contributed by atoms with Crippen LogP contribution in [0.3, 0.4) is 0 Å². The summed E-state index contributed by atoms with van der Waals surface area (Å²) in [7, 11) is 0. The molecule has 1 aromatic rings. The number of ether oxygens (including phenoxy) is 1. The van der Waals surface area contributed by atoms with Crippen molar-refractivity contribution in [3.8, 4) is 0 Å². The molecule has 0 aliphatic heterocycles. The Morgan fingerprint density at radius 2 is 2.05 bits per heavy atom. The van der Waals surface area contributed by atoms with E-state index in [0.717, 1.165) is 19.6 Å². The molecule has 0 saturated heterocycles. The molecule has 1 aliphatic rings. The summed E-state index contributed by atoms with van der Waals surface area (Å²) < 4.78 is 7.55. The van der Waals surface area contributed by atoms with E-state index in [9.17, 15) is 0 Å². The Morgan fingerprint density at radius 3 is 2.60 bits per heavy atom. The van der Waals surface area contributed by atoms with E-state index >= 15 is 0 Å². The molecule has 20 heavy (non-hydrogen) atoms. The first-order valence-corrected chi connectivity index (χ1v) is 9.56. The molecular formula is C16H26BrNOS. The van der Waals surface area contributed by atoms with Crippen molar-refractivity contribution < 1.29 is 4.74 Å². The summed E-state index contributed by atoms with van der Waals surface area (Å²) in [6.45, 7) is 6.19. The molecule has 1 unspecified atom stereocenters. The lowest BCUT2D eigenvalue weighted by Gasteiger charge is -2.44. The third kappa shape index (κ3) is 3.65. The highest BCUT2D eigenvalue weighted by Gasteiger charge is 2.42. The van der Waals surface area contributed by atoms with Gasteiger partial charge >= 0.3 is 0 Å². The minimum absolute atomic E-state index is 0.0221. The molecule has 4 heteroatoms. The van der Waals surface area contributed by atoms with Crippen LogP contribution in [-0.4, -0.2) is 18.8 Å². The van der Waals surface area contributed by atoms with Crippen molar-refractivity contribution in [3.63, 3.8) is 0 Å². The van der Waals surface area contributed by atoms with Crippen LogP contribution in [0.2, 0.25) is 0 Å². The first-order valence-electron chi connectivity index (χ1n) is 7.82. The SMILES string of the molecule is CCCNC(c1cscc1Br)C1(OCC)CCCCC1. The van der Waals surface area contributed by atoms with Gasteiger partial charge in [0.05, 0.1) is 11.6 Å². The van der Waals surface area contributed by atoms with E-state index in [1.54, 1.807) is 11.3 Å². The molecule has 0 bridgehead atoms. The lowest BCUT2D eigenvalue weighted by molar-refractivity contribution is -0.0912. The molecule has 1 heterocycles. The van der Waals surface area contributed by atoms with Gasteiger partial charge in [-0.15, -0.1) is 0 Å². The van der Waals surface area contributed by atoms with Crippen LogP contribution in [-0.2, 0) is 4.74 Å². The Kier molecular flexibility index (Phi) is 6.53. The Labute approximate surface area is 135 Å². The van der Waals surface area contributed by atoms with Gasteiger partial charge in [0.1, 0.15) is 0 Å². The number of hydrogen-bond acceptors (Lipinski definition) is 3. The molecule has 1 atom stereocenters. The van der Waals surface area contributed by atoms with E-state index in [4.69, 9.17) is 4.74 Å². The fourth-order valence-electron chi connectivity index (χ4n) is 3.32. The van der Waals surface area contributed by atoms with Gasteiger partial charge < -0.3 is 10.1 Å². The number of halogens is 1. The van der Waals surface area contributed by atoms with Crippen molar-refractivity contribution in [2.75, 3.05) is 13.2 Å². The van der Waals surface area contributed by atoms with Crippen molar-refractivity contribution in [3.05, 3.63) is 20.8 Å². The van der Waals surface area contributed by atoms with E-state index in [1.165, 1.54) is 42.1 Å². The molecule has 1 N–H and O–H groups in total. The Bertz CT molecular complexity index is 395. The van der Waals surface area contributed by atoms with Gasteiger partial charge in [-0.05, 0) is 59.6 Å². The highest BCUT2D eigenvalue weighted by atomic mass is 79.9. The van der Waals surface area contributed by atoms with E-state index in [1.807, 2.05) is 0 Å². The fraction of sp³-hybridized carbons (Fsp3) is 0.750. The van der Waals surface area contributed by atoms with Gasteiger partial charge in [-0.3, -0.25) is 0 Å². The fourth-order valence-corrected chi connectivity index (χ4v) is 4.87. The maximum absolute atomic E-state index is 6.33. The van der Waals surface area contributed by atoms with Gasteiger partial charge in [0.15, 0.2) is 0 Å². The van der Waals surface area contributed by atoms with Crippen molar-refractivity contribution >= 4 is 27.3 Å². The van der Waals surface area contributed by atoms with Gasteiger partial charge in [0, 0.05) is 16.5 Å². The maximum atomic E-state index is 6.33. The monoisotopic (exact) mass is 359 g/mol. The van der Waals surface area contributed by atoms with Crippen LogP contribution in [0.4, 0.5) is 0 Å². The zero-order chi connectivity index (χ0) is 14.4. The van der Waals surface area contributed by atoms with Crippen molar-refractivity contribution in [1.82, 2.24) is 5.32 Å². The van der Waals surface area contributed by atoms with Crippen LogP contribution in [0.1, 0.15) is 64.0 Å². The summed E-state index contributed by atoms with van der Waals surface area (Å²) in [6, 6.07) is 0.309. The summed E-state index contributed by atoms with van der Waals surface area (Å²) in [6.07, 6.45) is 7.41. The first kappa shape index (κ1) is 16.5. The van der Waals surface area contributed by atoms with Crippen LogP contribution in [0.25, 0.3) is 0 Å². The largest absolute Gasteiger partial charge is 0.373 e. The summed E-state index contributed by atoms with van der Waals surface area (Å²) in [5.74, 6) is 0. The number of hydrogen-bond donors (Lipinski definition) is 1. The van der Waals surface area contributed by atoms with E-state index in [-0.39, 0.29) is 5.60 Å².